The molecule has 30 heavy (non-hydrogen) atoms. The van der Waals surface area contributed by atoms with Gasteiger partial charge in [0.05, 0.1) is 13.0 Å². The summed E-state index contributed by atoms with van der Waals surface area (Å²) in [6.07, 6.45) is 2.92. The first kappa shape index (κ1) is 23.6. The third-order valence-electron chi connectivity index (χ3n) is 4.68. The van der Waals surface area contributed by atoms with E-state index in [1.54, 1.807) is 31.2 Å². The maximum atomic E-state index is 12.8. The molecule has 9 heteroatoms. The Morgan fingerprint density at radius 2 is 1.93 bits per heavy atom. The molecule has 1 aliphatic rings. The van der Waals surface area contributed by atoms with Gasteiger partial charge in [0.25, 0.3) is 5.91 Å². The zero-order chi connectivity index (χ0) is 22.1. The van der Waals surface area contributed by atoms with Gasteiger partial charge in [0.1, 0.15) is 11.8 Å². The molecular weight excluding hydrogens is 404 g/mol. The number of likely N-dealkylation sites (N-methyl/N-ethyl adjacent to an activating group) is 1. The third kappa shape index (κ3) is 6.16. The number of unbranched alkanes of at least 4 members (excludes halogenated alkanes) is 2. The summed E-state index contributed by atoms with van der Waals surface area (Å²) in [5, 5.41) is 4.34. The van der Waals surface area contributed by atoms with Crippen molar-refractivity contribution in [1.29, 1.82) is 0 Å². The number of hydrogen-bond acceptors (Lipinski definition) is 5. The van der Waals surface area contributed by atoms with Crippen LogP contribution in [-0.4, -0.2) is 51.9 Å². The topological polar surface area (TPSA) is 91.0 Å². The van der Waals surface area contributed by atoms with Crippen molar-refractivity contribution in [2.75, 3.05) is 18.5 Å². The summed E-state index contributed by atoms with van der Waals surface area (Å²) in [7, 11) is 0. The van der Waals surface area contributed by atoms with E-state index in [0.29, 0.717) is 31.0 Å². The molecule has 0 aliphatic carbocycles. The molecule has 1 unspecified atom stereocenters. The SMILES string of the molecule is CCCCCC(=O)NN1C(=S)N(CC)C(=O)C1CC(=O)Nc1cccc(OCC)c1. The molecule has 1 saturated heterocycles. The third-order valence-corrected chi connectivity index (χ3v) is 5.09. The van der Waals surface area contributed by atoms with E-state index in [4.69, 9.17) is 17.0 Å². The number of carbonyl (C=O) groups excluding carboxylic acids is 3. The standard InChI is InChI=1S/C21H30N4O4S/c1-4-7-8-12-18(26)23-25-17(20(28)24(5-2)21(25)30)14-19(27)22-15-10-9-11-16(13-15)29-6-3/h9-11,13,17H,4-8,12,14H2,1-3H3,(H,22,27)(H,23,26). The van der Waals surface area contributed by atoms with Gasteiger partial charge in [-0.25, -0.2) is 5.01 Å². The van der Waals surface area contributed by atoms with Crippen LogP contribution in [0.5, 0.6) is 5.75 Å². The fourth-order valence-electron chi connectivity index (χ4n) is 3.19. The monoisotopic (exact) mass is 434 g/mol. The lowest BCUT2D eigenvalue weighted by atomic mass is 10.1. The smallest absolute Gasteiger partial charge is 0.254 e. The van der Waals surface area contributed by atoms with E-state index in [-0.39, 0.29) is 29.3 Å². The van der Waals surface area contributed by atoms with Crippen molar-refractivity contribution >= 4 is 40.7 Å². The Hall–Kier alpha value is -2.68. The maximum absolute atomic E-state index is 12.8. The largest absolute Gasteiger partial charge is 0.494 e. The van der Waals surface area contributed by atoms with Crippen LogP contribution in [0.1, 0.15) is 52.9 Å². The van der Waals surface area contributed by atoms with E-state index in [2.05, 4.69) is 17.7 Å². The Balaban J connectivity index is 2.06. The van der Waals surface area contributed by atoms with Gasteiger partial charge >= 0.3 is 0 Å². The maximum Gasteiger partial charge on any atom is 0.254 e. The average Bonchev–Trinajstić information content (AvgIpc) is 2.92. The van der Waals surface area contributed by atoms with Crippen LogP contribution >= 0.6 is 12.2 Å². The number of benzene rings is 1. The van der Waals surface area contributed by atoms with Crippen LogP contribution in [0.2, 0.25) is 0 Å². The molecule has 1 aromatic rings. The van der Waals surface area contributed by atoms with Gasteiger partial charge in [0.2, 0.25) is 11.8 Å². The van der Waals surface area contributed by atoms with Gasteiger partial charge < -0.3 is 10.1 Å². The first-order valence-electron chi connectivity index (χ1n) is 10.4. The highest BCUT2D eigenvalue weighted by Gasteiger charge is 2.43. The Morgan fingerprint density at radius 3 is 2.60 bits per heavy atom. The fourth-order valence-corrected chi connectivity index (χ4v) is 3.58. The Labute approximate surface area is 182 Å². The molecule has 1 aliphatic heterocycles. The number of ether oxygens (including phenoxy) is 1. The highest BCUT2D eigenvalue weighted by atomic mass is 32.1. The minimum absolute atomic E-state index is 0.135. The molecule has 1 atom stereocenters. The summed E-state index contributed by atoms with van der Waals surface area (Å²) in [6, 6.07) is 6.16. The molecule has 3 amide bonds. The minimum Gasteiger partial charge on any atom is -0.494 e. The van der Waals surface area contributed by atoms with Crippen molar-refractivity contribution < 1.29 is 19.1 Å². The van der Waals surface area contributed by atoms with E-state index in [1.807, 2.05) is 6.92 Å². The first-order chi connectivity index (χ1) is 14.4. The van der Waals surface area contributed by atoms with E-state index >= 15 is 0 Å². The van der Waals surface area contributed by atoms with E-state index in [9.17, 15) is 14.4 Å². The predicted octanol–water partition coefficient (Wildman–Crippen LogP) is 2.84. The van der Waals surface area contributed by atoms with Gasteiger partial charge in [-0.15, -0.1) is 0 Å². The summed E-state index contributed by atoms with van der Waals surface area (Å²) in [4.78, 5) is 39.1. The lowest BCUT2D eigenvalue weighted by Crippen LogP contribution is -2.49. The molecule has 8 nitrogen and oxygen atoms in total. The Bertz CT molecular complexity index is 786. The second kappa shape index (κ2) is 11.5. The summed E-state index contributed by atoms with van der Waals surface area (Å²) in [5.74, 6) is -0.222. The number of carbonyl (C=O) groups is 3. The molecule has 2 rings (SSSR count). The number of nitrogens with one attached hydrogen (secondary N) is 2. The molecule has 2 N–H and O–H groups in total. The van der Waals surface area contributed by atoms with Crippen molar-refractivity contribution in [3.63, 3.8) is 0 Å². The summed E-state index contributed by atoms with van der Waals surface area (Å²) in [5.41, 5.74) is 3.29. The zero-order valence-corrected chi connectivity index (χ0v) is 18.6. The predicted molar refractivity (Wildman–Crippen MR) is 119 cm³/mol. The van der Waals surface area contributed by atoms with Crippen LogP contribution in [0.15, 0.2) is 24.3 Å². The highest BCUT2D eigenvalue weighted by molar-refractivity contribution is 7.80. The first-order valence-corrected chi connectivity index (χ1v) is 10.8. The molecule has 0 saturated carbocycles. The highest BCUT2D eigenvalue weighted by Crippen LogP contribution is 2.21. The van der Waals surface area contributed by atoms with Crippen LogP contribution in [0.25, 0.3) is 0 Å². The molecule has 1 aromatic carbocycles. The number of amides is 3. The Kier molecular flexibility index (Phi) is 9.04. The van der Waals surface area contributed by atoms with Crippen LogP contribution in [-0.2, 0) is 14.4 Å². The quantitative estimate of drug-likeness (QED) is 0.411. The number of rotatable bonds is 11. The van der Waals surface area contributed by atoms with E-state index in [0.717, 1.165) is 19.3 Å². The number of thiocarbonyl (C=S) groups is 1. The summed E-state index contributed by atoms with van der Waals surface area (Å²) in [6.45, 7) is 6.63. The van der Waals surface area contributed by atoms with Crippen molar-refractivity contribution in [2.45, 2.75) is 58.9 Å². The minimum atomic E-state index is -0.873. The number of nitrogens with zero attached hydrogens (tertiary/aromatic N) is 2. The van der Waals surface area contributed by atoms with Crippen LogP contribution < -0.4 is 15.5 Å². The molecule has 0 radical (unpaired) electrons. The van der Waals surface area contributed by atoms with Crippen molar-refractivity contribution in [2.24, 2.45) is 0 Å². The van der Waals surface area contributed by atoms with Crippen LogP contribution in [0.3, 0.4) is 0 Å². The van der Waals surface area contributed by atoms with Gasteiger partial charge in [0.15, 0.2) is 5.11 Å². The van der Waals surface area contributed by atoms with Crippen LogP contribution in [0.4, 0.5) is 5.69 Å². The van der Waals surface area contributed by atoms with Gasteiger partial charge in [-0.2, -0.15) is 0 Å². The average molecular weight is 435 g/mol. The van der Waals surface area contributed by atoms with Crippen molar-refractivity contribution in [1.82, 2.24) is 15.3 Å². The molecular formula is C21H30N4O4S. The molecule has 0 aromatic heterocycles. The fraction of sp³-hybridized carbons (Fsp3) is 0.524. The van der Waals surface area contributed by atoms with Crippen LogP contribution in [0, 0.1) is 0 Å². The van der Waals surface area contributed by atoms with Gasteiger partial charge in [0, 0.05) is 24.7 Å². The summed E-state index contributed by atoms with van der Waals surface area (Å²) < 4.78 is 5.44. The lowest BCUT2D eigenvalue weighted by Gasteiger charge is -2.24. The molecule has 0 spiro atoms. The normalized spacial score (nSPS) is 16.0. The zero-order valence-electron chi connectivity index (χ0n) is 17.8. The van der Waals surface area contributed by atoms with Crippen molar-refractivity contribution in [3.05, 3.63) is 24.3 Å². The molecule has 0 bridgehead atoms. The molecule has 1 fully saturated rings. The lowest BCUT2D eigenvalue weighted by molar-refractivity contribution is -0.132. The number of anilines is 1. The van der Waals surface area contributed by atoms with E-state index < -0.39 is 6.04 Å². The summed E-state index contributed by atoms with van der Waals surface area (Å²) >= 11 is 5.37. The second-order valence-corrected chi connectivity index (χ2v) is 7.32. The van der Waals surface area contributed by atoms with E-state index in [1.165, 1.54) is 9.91 Å². The van der Waals surface area contributed by atoms with Crippen molar-refractivity contribution in [3.8, 4) is 5.75 Å². The molecule has 1 heterocycles. The number of hydrazine groups is 1. The van der Waals surface area contributed by atoms with Gasteiger partial charge in [-0.3, -0.25) is 24.7 Å². The second-order valence-electron chi connectivity index (χ2n) is 6.96. The number of hydrogen-bond donors (Lipinski definition) is 2. The van der Waals surface area contributed by atoms with Gasteiger partial charge in [-0.1, -0.05) is 25.8 Å². The van der Waals surface area contributed by atoms with Gasteiger partial charge in [-0.05, 0) is 44.6 Å². The molecule has 164 valence electrons. The Morgan fingerprint density at radius 1 is 1.17 bits per heavy atom.